The molecule has 0 fully saturated rings. The number of amides is 1. The predicted octanol–water partition coefficient (Wildman–Crippen LogP) is 5.65. The first kappa shape index (κ1) is 18.6. The van der Waals surface area contributed by atoms with Gasteiger partial charge >= 0.3 is 0 Å². The number of nitrogens with zero attached hydrogens (tertiary/aromatic N) is 2. The summed E-state index contributed by atoms with van der Waals surface area (Å²) in [6.45, 7) is 1.91. The fourth-order valence-corrected chi connectivity index (χ4v) is 2.85. The van der Waals surface area contributed by atoms with Crippen molar-refractivity contribution in [2.24, 2.45) is 0 Å². The number of carbonyl (C=O) groups is 1. The highest BCUT2D eigenvalue weighted by Gasteiger charge is 2.16. The third kappa shape index (κ3) is 3.82. The molecule has 0 bridgehead atoms. The van der Waals surface area contributed by atoms with Gasteiger partial charge in [-0.05, 0) is 30.3 Å². The maximum Gasteiger partial charge on any atom is 0.257 e. The number of hydrogen-bond acceptors (Lipinski definition) is 4. The van der Waals surface area contributed by atoms with Crippen molar-refractivity contribution in [3.8, 4) is 11.5 Å². The van der Waals surface area contributed by atoms with Gasteiger partial charge in [-0.15, -0.1) is 0 Å². The topological polar surface area (TPSA) is 68.0 Å². The summed E-state index contributed by atoms with van der Waals surface area (Å²) in [5.74, 6) is -0.464. The Balaban J connectivity index is 1.84. The van der Waals surface area contributed by atoms with Crippen LogP contribution in [0.15, 0.2) is 34.9 Å². The lowest BCUT2D eigenvalue weighted by molar-refractivity contribution is 0.102. The summed E-state index contributed by atoms with van der Waals surface area (Å²) in [6, 6.07) is 6.95. The van der Waals surface area contributed by atoms with Crippen LogP contribution in [0.5, 0.6) is 0 Å². The zero-order valence-corrected chi connectivity index (χ0v) is 15.6. The second-order valence-electron chi connectivity index (χ2n) is 5.26. The first-order valence-electron chi connectivity index (χ1n) is 7.47. The van der Waals surface area contributed by atoms with Gasteiger partial charge in [-0.2, -0.15) is 4.98 Å². The summed E-state index contributed by atoms with van der Waals surface area (Å²) in [6.07, 6.45) is 0.643. The minimum atomic E-state index is -0.745. The van der Waals surface area contributed by atoms with Crippen molar-refractivity contribution >= 4 is 46.4 Å². The van der Waals surface area contributed by atoms with E-state index in [1.165, 1.54) is 6.07 Å². The van der Waals surface area contributed by atoms with E-state index in [-0.39, 0.29) is 20.6 Å². The molecule has 0 atom stereocenters. The van der Waals surface area contributed by atoms with Gasteiger partial charge in [-0.3, -0.25) is 4.79 Å². The minimum Gasteiger partial charge on any atom is -0.334 e. The molecule has 1 heterocycles. The summed E-state index contributed by atoms with van der Waals surface area (Å²) >= 11 is 17.8. The highest BCUT2D eigenvalue weighted by atomic mass is 35.5. The van der Waals surface area contributed by atoms with E-state index in [1.54, 1.807) is 18.2 Å². The van der Waals surface area contributed by atoms with Crippen LogP contribution in [-0.4, -0.2) is 16.0 Å². The highest BCUT2D eigenvalue weighted by Crippen LogP contribution is 2.30. The van der Waals surface area contributed by atoms with Crippen LogP contribution in [0, 0.1) is 5.82 Å². The van der Waals surface area contributed by atoms with Crippen molar-refractivity contribution in [2.45, 2.75) is 13.3 Å². The van der Waals surface area contributed by atoms with Crippen LogP contribution < -0.4 is 5.32 Å². The Morgan fingerprint density at radius 3 is 2.58 bits per heavy atom. The van der Waals surface area contributed by atoms with Crippen molar-refractivity contribution in [2.75, 3.05) is 5.32 Å². The van der Waals surface area contributed by atoms with E-state index in [9.17, 15) is 9.18 Å². The van der Waals surface area contributed by atoms with Gasteiger partial charge in [-0.1, -0.05) is 46.9 Å². The molecule has 3 aromatic rings. The van der Waals surface area contributed by atoms with E-state index in [4.69, 9.17) is 39.3 Å². The molecule has 0 aliphatic rings. The number of rotatable bonds is 4. The largest absolute Gasteiger partial charge is 0.334 e. The molecule has 0 unspecified atom stereocenters. The smallest absolute Gasteiger partial charge is 0.257 e. The number of aryl methyl sites for hydroxylation is 1. The van der Waals surface area contributed by atoms with E-state index in [0.29, 0.717) is 29.4 Å². The van der Waals surface area contributed by atoms with Crippen LogP contribution >= 0.6 is 34.8 Å². The molecule has 1 aromatic heterocycles. The maximum absolute atomic E-state index is 13.6. The van der Waals surface area contributed by atoms with Crippen molar-refractivity contribution in [3.63, 3.8) is 0 Å². The SMILES string of the molecule is CCc1noc(-c2ccc(NC(=O)c3cc(F)c(Cl)cc3Cl)c(Cl)c2)n1. The highest BCUT2D eigenvalue weighted by molar-refractivity contribution is 6.38. The zero-order valence-electron chi connectivity index (χ0n) is 13.3. The number of halogens is 4. The predicted molar refractivity (Wildman–Crippen MR) is 98.5 cm³/mol. The van der Waals surface area contributed by atoms with Crippen LogP contribution in [0.3, 0.4) is 0 Å². The van der Waals surface area contributed by atoms with E-state index in [0.717, 1.165) is 6.07 Å². The lowest BCUT2D eigenvalue weighted by atomic mass is 10.1. The number of aromatic nitrogens is 2. The third-order valence-corrected chi connectivity index (χ3v) is 4.42. The Kier molecular flexibility index (Phi) is 5.46. The maximum atomic E-state index is 13.6. The molecule has 134 valence electrons. The Labute approximate surface area is 163 Å². The molecule has 0 aliphatic heterocycles. The second kappa shape index (κ2) is 7.61. The van der Waals surface area contributed by atoms with Gasteiger partial charge in [-0.25, -0.2) is 4.39 Å². The summed E-state index contributed by atoms with van der Waals surface area (Å²) in [5, 5.41) is 6.50. The Morgan fingerprint density at radius 2 is 1.92 bits per heavy atom. The fraction of sp³-hybridized carbons (Fsp3) is 0.118. The Morgan fingerprint density at radius 1 is 1.15 bits per heavy atom. The van der Waals surface area contributed by atoms with Crippen molar-refractivity contribution in [3.05, 3.63) is 62.6 Å². The molecule has 0 spiro atoms. The average Bonchev–Trinajstić information content (AvgIpc) is 3.09. The number of benzene rings is 2. The Hall–Kier alpha value is -2.15. The number of anilines is 1. The van der Waals surface area contributed by atoms with Crippen molar-refractivity contribution in [1.29, 1.82) is 0 Å². The summed E-state index contributed by atoms with van der Waals surface area (Å²) in [5.41, 5.74) is 0.871. The van der Waals surface area contributed by atoms with Crippen LogP contribution in [0.4, 0.5) is 10.1 Å². The fourth-order valence-electron chi connectivity index (χ4n) is 2.15. The van der Waals surface area contributed by atoms with E-state index in [2.05, 4.69) is 15.5 Å². The summed E-state index contributed by atoms with van der Waals surface area (Å²) in [7, 11) is 0. The minimum absolute atomic E-state index is 0.0274. The van der Waals surface area contributed by atoms with E-state index < -0.39 is 11.7 Å². The first-order chi connectivity index (χ1) is 12.4. The molecule has 5 nitrogen and oxygen atoms in total. The molecule has 3 rings (SSSR count). The normalized spacial score (nSPS) is 10.8. The van der Waals surface area contributed by atoms with Gasteiger partial charge in [0, 0.05) is 12.0 Å². The van der Waals surface area contributed by atoms with Gasteiger partial charge in [0.15, 0.2) is 5.82 Å². The van der Waals surface area contributed by atoms with Gasteiger partial charge in [0.2, 0.25) is 0 Å². The zero-order chi connectivity index (χ0) is 18.8. The number of hydrogen-bond donors (Lipinski definition) is 1. The lowest BCUT2D eigenvalue weighted by Gasteiger charge is -2.10. The van der Waals surface area contributed by atoms with Crippen LogP contribution in [0.1, 0.15) is 23.1 Å². The molecule has 26 heavy (non-hydrogen) atoms. The van der Waals surface area contributed by atoms with Crippen LogP contribution in [0.2, 0.25) is 15.1 Å². The molecule has 0 radical (unpaired) electrons. The molecule has 0 saturated heterocycles. The molecule has 0 saturated carbocycles. The van der Waals surface area contributed by atoms with Gasteiger partial charge < -0.3 is 9.84 Å². The second-order valence-corrected chi connectivity index (χ2v) is 6.49. The average molecular weight is 415 g/mol. The summed E-state index contributed by atoms with van der Waals surface area (Å²) in [4.78, 5) is 16.6. The quantitative estimate of drug-likeness (QED) is 0.560. The number of nitrogens with one attached hydrogen (secondary N) is 1. The molecule has 9 heteroatoms. The molecule has 2 aromatic carbocycles. The van der Waals surface area contributed by atoms with Gasteiger partial charge in [0.1, 0.15) is 5.82 Å². The molecule has 1 N–H and O–H groups in total. The lowest BCUT2D eigenvalue weighted by Crippen LogP contribution is -2.13. The van der Waals surface area contributed by atoms with E-state index in [1.807, 2.05) is 6.92 Å². The molecule has 1 amide bonds. The molecular weight excluding hydrogens is 404 g/mol. The number of carbonyl (C=O) groups excluding carboxylic acids is 1. The van der Waals surface area contributed by atoms with E-state index >= 15 is 0 Å². The van der Waals surface area contributed by atoms with Crippen LogP contribution in [-0.2, 0) is 6.42 Å². The van der Waals surface area contributed by atoms with Crippen molar-refractivity contribution in [1.82, 2.24) is 10.1 Å². The monoisotopic (exact) mass is 413 g/mol. The first-order valence-corrected chi connectivity index (χ1v) is 8.60. The third-order valence-electron chi connectivity index (χ3n) is 3.50. The standard InChI is InChI=1S/C17H11Cl3FN3O2/c1-2-15-23-17(26-24-15)8-3-4-14(12(20)5-8)22-16(25)9-6-13(21)11(19)7-10(9)18/h3-7H,2H2,1H3,(H,22,25). The van der Waals surface area contributed by atoms with Gasteiger partial charge in [0.05, 0.1) is 26.3 Å². The van der Waals surface area contributed by atoms with Crippen LogP contribution in [0.25, 0.3) is 11.5 Å². The molecular formula is C17H11Cl3FN3O2. The van der Waals surface area contributed by atoms with Gasteiger partial charge in [0.25, 0.3) is 11.8 Å². The Bertz CT molecular complexity index is 991. The van der Waals surface area contributed by atoms with Crippen molar-refractivity contribution < 1.29 is 13.7 Å². The molecule has 0 aliphatic carbocycles. The summed E-state index contributed by atoms with van der Waals surface area (Å²) < 4.78 is 18.7.